The lowest BCUT2D eigenvalue weighted by molar-refractivity contribution is -0.424. The number of nitrogens with zero attached hydrogens (tertiary/aromatic N) is 1. The first kappa shape index (κ1) is 9.61. The second-order valence-corrected chi connectivity index (χ2v) is 3.52. The SMILES string of the molecule is C/C(I)=C\C=C(/C)[N+](=O)[O-]. The summed E-state index contributed by atoms with van der Waals surface area (Å²) in [6, 6.07) is 0. The predicted molar refractivity (Wildman–Crippen MR) is 48.5 cm³/mol. The molecule has 0 aliphatic heterocycles. The van der Waals surface area contributed by atoms with Crippen LogP contribution in [0.2, 0.25) is 0 Å². The smallest absolute Gasteiger partial charge is 0.243 e. The third kappa shape index (κ3) is 4.49. The maximum absolute atomic E-state index is 10.0. The van der Waals surface area contributed by atoms with Crippen LogP contribution in [0.25, 0.3) is 0 Å². The van der Waals surface area contributed by atoms with Gasteiger partial charge in [-0.1, -0.05) is 0 Å². The third-order valence-electron chi connectivity index (χ3n) is 0.842. The molecule has 56 valence electrons. The van der Waals surface area contributed by atoms with Gasteiger partial charge in [0, 0.05) is 13.0 Å². The fraction of sp³-hybridized carbons (Fsp3) is 0.333. The van der Waals surface area contributed by atoms with Crippen LogP contribution >= 0.6 is 22.6 Å². The number of hydrogen-bond donors (Lipinski definition) is 0. The van der Waals surface area contributed by atoms with Crippen LogP contribution in [0.4, 0.5) is 0 Å². The van der Waals surface area contributed by atoms with Gasteiger partial charge in [0.05, 0.1) is 4.92 Å². The molecule has 0 amide bonds. The Morgan fingerprint density at radius 2 is 2.00 bits per heavy atom. The molecule has 4 heteroatoms. The number of halogens is 1. The molecule has 0 radical (unpaired) electrons. The Morgan fingerprint density at radius 3 is 2.30 bits per heavy atom. The van der Waals surface area contributed by atoms with Gasteiger partial charge in [0.2, 0.25) is 5.70 Å². The van der Waals surface area contributed by atoms with E-state index in [2.05, 4.69) is 22.6 Å². The van der Waals surface area contributed by atoms with Crippen molar-refractivity contribution in [3.8, 4) is 0 Å². The van der Waals surface area contributed by atoms with E-state index >= 15 is 0 Å². The molecule has 0 bridgehead atoms. The molecule has 0 unspecified atom stereocenters. The largest absolute Gasteiger partial charge is 0.259 e. The van der Waals surface area contributed by atoms with Crippen molar-refractivity contribution in [3.05, 3.63) is 31.5 Å². The van der Waals surface area contributed by atoms with E-state index in [0.717, 1.165) is 3.58 Å². The molecule has 0 aliphatic carbocycles. The van der Waals surface area contributed by atoms with Gasteiger partial charge in [-0.2, -0.15) is 0 Å². The quantitative estimate of drug-likeness (QED) is 0.328. The number of nitro groups is 1. The minimum absolute atomic E-state index is 0.163. The Labute approximate surface area is 73.1 Å². The topological polar surface area (TPSA) is 43.1 Å². The summed E-state index contributed by atoms with van der Waals surface area (Å²) in [4.78, 5) is 9.61. The second kappa shape index (κ2) is 4.43. The summed E-state index contributed by atoms with van der Waals surface area (Å²) >= 11 is 2.09. The van der Waals surface area contributed by atoms with Crippen molar-refractivity contribution in [1.29, 1.82) is 0 Å². The van der Waals surface area contributed by atoms with Crippen molar-refractivity contribution >= 4 is 22.6 Å². The highest BCUT2D eigenvalue weighted by Crippen LogP contribution is 2.04. The fourth-order valence-corrected chi connectivity index (χ4v) is 0.476. The minimum Gasteiger partial charge on any atom is -0.259 e. The molecule has 0 spiro atoms. The van der Waals surface area contributed by atoms with Crippen LogP contribution in [0.3, 0.4) is 0 Å². The van der Waals surface area contributed by atoms with Gasteiger partial charge in [0.1, 0.15) is 0 Å². The van der Waals surface area contributed by atoms with Gasteiger partial charge in [0.25, 0.3) is 0 Å². The summed E-state index contributed by atoms with van der Waals surface area (Å²) in [7, 11) is 0. The molecule has 0 N–H and O–H groups in total. The van der Waals surface area contributed by atoms with Crippen molar-refractivity contribution in [1.82, 2.24) is 0 Å². The van der Waals surface area contributed by atoms with E-state index in [1.54, 1.807) is 6.08 Å². The monoisotopic (exact) mass is 253 g/mol. The van der Waals surface area contributed by atoms with E-state index < -0.39 is 4.92 Å². The summed E-state index contributed by atoms with van der Waals surface area (Å²) in [6.45, 7) is 3.35. The molecule has 0 saturated heterocycles. The highest BCUT2D eigenvalue weighted by molar-refractivity contribution is 14.1. The van der Waals surface area contributed by atoms with E-state index in [-0.39, 0.29) is 5.70 Å². The van der Waals surface area contributed by atoms with Crippen molar-refractivity contribution in [2.75, 3.05) is 0 Å². The average molecular weight is 253 g/mol. The van der Waals surface area contributed by atoms with Crippen molar-refractivity contribution in [2.45, 2.75) is 13.8 Å². The first-order valence-electron chi connectivity index (χ1n) is 2.69. The Balaban J connectivity index is 4.19. The maximum Gasteiger partial charge on any atom is 0.243 e. The number of hydrogen-bond acceptors (Lipinski definition) is 2. The van der Waals surface area contributed by atoms with E-state index in [4.69, 9.17) is 0 Å². The van der Waals surface area contributed by atoms with Crippen molar-refractivity contribution in [2.24, 2.45) is 0 Å². The van der Waals surface area contributed by atoms with Gasteiger partial charge < -0.3 is 0 Å². The number of allylic oxidation sites excluding steroid dienone is 4. The minimum atomic E-state index is -0.407. The molecule has 3 nitrogen and oxygen atoms in total. The molecular formula is C6H8INO2. The Kier molecular flexibility index (Phi) is 4.26. The fourth-order valence-electron chi connectivity index (χ4n) is 0.296. The molecule has 0 aromatic carbocycles. The molecule has 0 aromatic rings. The van der Waals surface area contributed by atoms with Crippen molar-refractivity contribution < 1.29 is 4.92 Å². The molecule has 0 atom stereocenters. The lowest BCUT2D eigenvalue weighted by Crippen LogP contribution is -1.91. The van der Waals surface area contributed by atoms with E-state index in [9.17, 15) is 10.1 Å². The van der Waals surface area contributed by atoms with Gasteiger partial charge in [-0.25, -0.2) is 0 Å². The van der Waals surface area contributed by atoms with E-state index in [1.807, 2.05) is 6.92 Å². The van der Waals surface area contributed by atoms with Gasteiger partial charge in [-0.3, -0.25) is 10.1 Å². The van der Waals surface area contributed by atoms with Crippen LogP contribution in [0.5, 0.6) is 0 Å². The highest BCUT2D eigenvalue weighted by atomic mass is 127. The van der Waals surface area contributed by atoms with Crippen LogP contribution in [-0.4, -0.2) is 4.92 Å². The molecule has 10 heavy (non-hydrogen) atoms. The lowest BCUT2D eigenvalue weighted by Gasteiger charge is -1.85. The molecule has 0 saturated carbocycles. The zero-order valence-corrected chi connectivity index (χ0v) is 7.95. The zero-order valence-electron chi connectivity index (χ0n) is 5.80. The van der Waals surface area contributed by atoms with Gasteiger partial charge >= 0.3 is 0 Å². The summed E-state index contributed by atoms with van der Waals surface area (Å²) in [5, 5.41) is 10.0. The normalized spacial score (nSPS) is 13.5. The van der Waals surface area contributed by atoms with Crippen LogP contribution in [0.1, 0.15) is 13.8 Å². The van der Waals surface area contributed by atoms with Crippen molar-refractivity contribution in [3.63, 3.8) is 0 Å². The van der Waals surface area contributed by atoms with Gasteiger partial charge in [-0.15, -0.1) is 0 Å². The van der Waals surface area contributed by atoms with Gasteiger partial charge in [0.15, 0.2) is 0 Å². The van der Waals surface area contributed by atoms with Crippen LogP contribution < -0.4 is 0 Å². The summed E-state index contributed by atoms with van der Waals surface area (Å²) in [5.41, 5.74) is 0.163. The molecule has 0 aliphatic rings. The molecule has 0 heterocycles. The van der Waals surface area contributed by atoms with Gasteiger partial charge in [-0.05, 0) is 39.2 Å². The first-order chi connectivity index (χ1) is 4.54. The standard InChI is InChI=1S/C6H8INO2/c1-5(7)3-4-6(2)8(9)10/h3-4H,1-2H3/b5-3+,6-4+. The Hall–Kier alpha value is -0.390. The molecule has 0 fully saturated rings. The van der Waals surface area contributed by atoms with Crippen LogP contribution in [0, 0.1) is 10.1 Å². The molecule has 0 aromatic heterocycles. The summed E-state index contributed by atoms with van der Waals surface area (Å²) in [5.74, 6) is 0. The van der Waals surface area contributed by atoms with Crippen LogP contribution in [-0.2, 0) is 0 Å². The summed E-state index contributed by atoms with van der Waals surface area (Å²) in [6.07, 6.45) is 3.19. The maximum atomic E-state index is 10.0. The first-order valence-corrected chi connectivity index (χ1v) is 3.77. The summed E-state index contributed by atoms with van der Waals surface area (Å²) < 4.78 is 1.03. The lowest BCUT2D eigenvalue weighted by atomic mass is 10.4. The third-order valence-corrected chi connectivity index (χ3v) is 1.20. The van der Waals surface area contributed by atoms with E-state index in [0.29, 0.717) is 0 Å². The Morgan fingerprint density at radius 1 is 1.50 bits per heavy atom. The van der Waals surface area contributed by atoms with E-state index in [1.165, 1.54) is 13.0 Å². The van der Waals surface area contributed by atoms with Crippen LogP contribution in [0.15, 0.2) is 21.4 Å². The number of rotatable bonds is 2. The highest BCUT2D eigenvalue weighted by Gasteiger charge is 1.97. The molecular weight excluding hydrogens is 245 g/mol. The Bertz CT molecular complexity index is 192. The second-order valence-electron chi connectivity index (χ2n) is 1.82. The molecule has 0 rings (SSSR count). The predicted octanol–water partition coefficient (Wildman–Crippen LogP) is 2.51. The average Bonchev–Trinajstić information content (AvgIpc) is 1.82. The zero-order chi connectivity index (χ0) is 8.15.